The lowest BCUT2D eigenvalue weighted by molar-refractivity contribution is -0.274. The zero-order chi connectivity index (χ0) is 24.3. The molecular formula is C24H23F3N2O4S. The fourth-order valence-corrected chi connectivity index (χ4v) is 5.14. The molecular weight excluding hydrogens is 469 g/mol. The number of aromatic nitrogens is 2. The SMILES string of the molecule is COC(=O)c1ccc2c(=O)n(C3CCCCC3)c(SCc3ccc(OC(F)(F)F)cc3)nc2c1. The van der Waals surface area contributed by atoms with E-state index >= 15 is 0 Å². The molecule has 4 rings (SSSR count). The zero-order valence-electron chi connectivity index (χ0n) is 18.4. The van der Waals surface area contributed by atoms with Crippen LogP contribution in [0, 0.1) is 0 Å². The molecule has 3 aromatic rings. The van der Waals surface area contributed by atoms with Gasteiger partial charge in [0.2, 0.25) is 0 Å². The molecule has 0 amide bonds. The summed E-state index contributed by atoms with van der Waals surface area (Å²) < 4.78 is 47.6. The molecule has 0 N–H and O–H groups in total. The van der Waals surface area contributed by atoms with Crippen molar-refractivity contribution in [1.82, 2.24) is 9.55 Å². The molecule has 2 aromatic carbocycles. The van der Waals surface area contributed by atoms with Crippen LogP contribution in [-0.4, -0.2) is 29.0 Å². The summed E-state index contributed by atoms with van der Waals surface area (Å²) in [5.74, 6) is -0.414. The van der Waals surface area contributed by atoms with Crippen molar-refractivity contribution in [2.75, 3.05) is 7.11 Å². The van der Waals surface area contributed by atoms with Crippen LogP contribution in [0.25, 0.3) is 10.9 Å². The predicted octanol–water partition coefficient (Wildman–Crippen LogP) is 5.88. The van der Waals surface area contributed by atoms with Crippen LogP contribution < -0.4 is 10.3 Å². The number of thioether (sulfide) groups is 1. The van der Waals surface area contributed by atoms with Crippen LogP contribution in [0.4, 0.5) is 13.2 Å². The second-order valence-corrected chi connectivity index (χ2v) is 9.01. The van der Waals surface area contributed by atoms with E-state index in [4.69, 9.17) is 9.72 Å². The topological polar surface area (TPSA) is 70.4 Å². The molecule has 6 nitrogen and oxygen atoms in total. The average molecular weight is 493 g/mol. The molecule has 0 atom stereocenters. The summed E-state index contributed by atoms with van der Waals surface area (Å²) in [4.78, 5) is 30.1. The van der Waals surface area contributed by atoms with Crippen molar-refractivity contribution in [1.29, 1.82) is 0 Å². The third-order valence-electron chi connectivity index (χ3n) is 5.75. The van der Waals surface area contributed by atoms with Gasteiger partial charge in [-0.15, -0.1) is 13.2 Å². The van der Waals surface area contributed by atoms with Gasteiger partial charge in [0.15, 0.2) is 5.16 Å². The fourth-order valence-electron chi connectivity index (χ4n) is 4.12. The molecule has 180 valence electrons. The number of ether oxygens (including phenoxy) is 2. The average Bonchev–Trinajstić information content (AvgIpc) is 2.82. The van der Waals surface area contributed by atoms with Crippen molar-refractivity contribution < 1.29 is 27.4 Å². The summed E-state index contributed by atoms with van der Waals surface area (Å²) in [6.45, 7) is 0. The van der Waals surface area contributed by atoms with Gasteiger partial charge in [-0.1, -0.05) is 43.2 Å². The number of fused-ring (bicyclic) bond motifs is 1. The third-order valence-corrected chi connectivity index (χ3v) is 6.78. The first kappa shape index (κ1) is 24.1. The lowest BCUT2D eigenvalue weighted by Gasteiger charge is -2.26. The molecule has 34 heavy (non-hydrogen) atoms. The standard InChI is InChI=1S/C24H23F3N2O4S/c1-32-22(31)16-9-12-19-20(13-16)28-23(29(21(19)30)17-5-3-2-4-6-17)34-14-15-7-10-18(11-8-15)33-24(25,26)27/h7-13,17H,2-6,14H2,1H3. The molecule has 0 aliphatic heterocycles. The van der Waals surface area contributed by atoms with E-state index in [1.165, 1.54) is 31.0 Å². The largest absolute Gasteiger partial charge is 0.573 e. The summed E-state index contributed by atoms with van der Waals surface area (Å²) in [5.41, 5.74) is 1.29. The third kappa shape index (κ3) is 5.55. The van der Waals surface area contributed by atoms with Crippen molar-refractivity contribution in [2.45, 2.75) is 55.4 Å². The Kier molecular flexibility index (Phi) is 7.16. The van der Waals surface area contributed by atoms with Gasteiger partial charge in [-0.25, -0.2) is 9.78 Å². The van der Waals surface area contributed by atoms with E-state index in [0.29, 0.717) is 27.4 Å². The van der Waals surface area contributed by atoms with Crippen molar-refractivity contribution in [3.8, 4) is 5.75 Å². The summed E-state index contributed by atoms with van der Waals surface area (Å²) in [6.07, 6.45) is 0.200. The molecule has 0 spiro atoms. The number of halogens is 3. The Bertz CT molecular complexity index is 1240. The molecule has 1 fully saturated rings. The number of nitrogens with zero attached hydrogens (tertiary/aromatic N) is 2. The van der Waals surface area contributed by atoms with Crippen LogP contribution >= 0.6 is 11.8 Å². The van der Waals surface area contributed by atoms with Crippen LogP contribution in [0.15, 0.2) is 52.4 Å². The van der Waals surface area contributed by atoms with Crippen molar-refractivity contribution in [3.63, 3.8) is 0 Å². The normalized spacial score (nSPS) is 14.8. The number of esters is 1. The van der Waals surface area contributed by atoms with Gasteiger partial charge in [-0.05, 0) is 48.7 Å². The molecule has 1 aliphatic rings. The fraction of sp³-hybridized carbons (Fsp3) is 0.375. The van der Waals surface area contributed by atoms with Gasteiger partial charge in [0.25, 0.3) is 5.56 Å². The number of rotatable bonds is 6. The lowest BCUT2D eigenvalue weighted by Crippen LogP contribution is -2.29. The highest BCUT2D eigenvalue weighted by Crippen LogP contribution is 2.32. The Morgan fingerprint density at radius 3 is 2.47 bits per heavy atom. The second kappa shape index (κ2) is 10.1. The highest BCUT2D eigenvalue weighted by molar-refractivity contribution is 7.98. The maximum absolute atomic E-state index is 13.5. The van der Waals surface area contributed by atoms with E-state index < -0.39 is 12.3 Å². The van der Waals surface area contributed by atoms with Crippen molar-refractivity contribution >= 4 is 28.6 Å². The van der Waals surface area contributed by atoms with Crippen molar-refractivity contribution in [3.05, 3.63) is 63.9 Å². The van der Waals surface area contributed by atoms with E-state index in [-0.39, 0.29) is 17.4 Å². The van der Waals surface area contributed by atoms with Crippen molar-refractivity contribution in [2.24, 2.45) is 0 Å². The Labute approximate surface area is 198 Å². The summed E-state index contributed by atoms with van der Waals surface area (Å²) in [7, 11) is 1.29. The number of methoxy groups -OCH3 is 1. The molecule has 0 bridgehead atoms. The number of hydrogen-bond donors (Lipinski definition) is 0. The summed E-state index contributed by atoms with van der Waals surface area (Å²) in [6, 6.07) is 10.3. The minimum Gasteiger partial charge on any atom is -0.465 e. The lowest BCUT2D eigenvalue weighted by atomic mass is 9.95. The highest BCUT2D eigenvalue weighted by Gasteiger charge is 2.31. The Balaban J connectivity index is 1.67. The van der Waals surface area contributed by atoms with Crippen LogP contribution in [-0.2, 0) is 10.5 Å². The van der Waals surface area contributed by atoms with E-state index in [9.17, 15) is 22.8 Å². The second-order valence-electron chi connectivity index (χ2n) is 8.07. The Morgan fingerprint density at radius 2 is 1.82 bits per heavy atom. The van der Waals surface area contributed by atoms with Gasteiger partial charge < -0.3 is 9.47 Å². The van der Waals surface area contributed by atoms with Gasteiger partial charge in [0.1, 0.15) is 5.75 Å². The van der Waals surface area contributed by atoms with Crippen LogP contribution in [0.1, 0.15) is 54.1 Å². The maximum atomic E-state index is 13.5. The van der Waals surface area contributed by atoms with Gasteiger partial charge in [-0.2, -0.15) is 0 Å². The summed E-state index contributed by atoms with van der Waals surface area (Å²) >= 11 is 1.33. The number of benzene rings is 2. The molecule has 0 unspecified atom stereocenters. The van der Waals surface area contributed by atoms with Gasteiger partial charge in [0.05, 0.1) is 23.6 Å². The van der Waals surface area contributed by atoms with E-state index in [1.54, 1.807) is 34.9 Å². The number of hydrogen-bond acceptors (Lipinski definition) is 6. The molecule has 1 heterocycles. The minimum atomic E-state index is -4.75. The quantitative estimate of drug-likeness (QED) is 0.243. The highest BCUT2D eigenvalue weighted by atomic mass is 32.2. The van der Waals surface area contributed by atoms with Crippen LogP contribution in [0.2, 0.25) is 0 Å². The number of carbonyl (C=O) groups is 1. The van der Waals surface area contributed by atoms with E-state index in [1.807, 2.05) is 0 Å². The van der Waals surface area contributed by atoms with E-state index in [0.717, 1.165) is 37.7 Å². The van der Waals surface area contributed by atoms with Gasteiger partial charge >= 0.3 is 12.3 Å². The monoisotopic (exact) mass is 492 g/mol. The first-order valence-electron chi connectivity index (χ1n) is 10.9. The molecule has 0 saturated heterocycles. The zero-order valence-corrected chi connectivity index (χ0v) is 19.2. The van der Waals surface area contributed by atoms with Gasteiger partial charge in [-0.3, -0.25) is 9.36 Å². The first-order chi connectivity index (χ1) is 16.2. The van der Waals surface area contributed by atoms with Crippen LogP contribution in [0.3, 0.4) is 0 Å². The smallest absolute Gasteiger partial charge is 0.465 e. The predicted molar refractivity (Wildman–Crippen MR) is 122 cm³/mol. The van der Waals surface area contributed by atoms with E-state index in [2.05, 4.69) is 4.74 Å². The molecule has 1 aliphatic carbocycles. The molecule has 0 radical (unpaired) electrons. The molecule has 1 aromatic heterocycles. The van der Waals surface area contributed by atoms with Gasteiger partial charge in [0, 0.05) is 11.8 Å². The first-order valence-corrected chi connectivity index (χ1v) is 11.9. The number of carbonyl (C=O) groups excluding carboxylic acids is 1. The molecule has 1 saturated carbocycles. The molecule has 10 heteroatoms. The maximum Gasteiger partial charge on any atom is 0.573 e. The number of alkyl halides is 3. The Hall–Kier alpha value is -3.01. The van der Waals surface area contributed by atoms with Crippen LogP contribution in [0.5, 0.6) is 5.75 Å². The summed E-state index contributed by atoms with van der Waals surface area (Å²) in [5, 5.41) is 0.943. The minimum absolute atomic E-state index is 0.0310. The Morgan fingerprint density at radius 1 is 1.12 bits per heavy atom.